The molecule has 0 aliphatic heterocycles. The van der Waals surface area contributed by atoms with Crippen molar-refractivity contribution in [2.75, 3.05) is 6.61 Å². The maximum atomic E-state index is 11.4. The molecule has 0 aliphatic rings. The van der Waals surface area contributed by atoms with Gasteiger partial charge in [0.2, 0.25) is 0 Å². The number of pyridine rings is 1. The van der Waals surface area contributed by atoms with Crippen LogP contribution in [0.5, 0.6) is 5.75 Å². The number of rotatable bonds is 11. The normalized spacial score (nSPS) is 11.1. The van der Waals surface area contributed by atoms with E-state index in [-0.39, 0.29) is 5.69 Å². The van der Waals surface area contributed by atoms with E-state index in [1.54, 1.807) is 12.1 Å². The van der Waals surface area contributed by atoms with Crippen LogP contribution in [0.15, 0.2) is 66.7 Å². The Hall–Kier alpha value is -3.67. The van der Waals surface area contributed by atoms with Gasteiger partial charge in [-0.25, -0.2) is 14.8 Å². The van der Waals surface area contributed by atoms with Gasteiger partial charge in [-0.05, 0) is 55.0 Å². The van der Waals surface area contributed by atoms with Gasteiger partial charge < -0.3 is 9.84 Å². The lowest BCUT2D eigenvalue weighted by molar-refractivity contribution is 0.0690. The SMILES string of the molecule is CCCCCCCCOc1ccc(-n2c(-c3cccc(C(=O)O)n3)nc3ccccc32)cc1. The maximum Gasteiger partial charge on any atom is 0.354 e. The summed E-state index contributed by atoms with van der Waals surface area (Å²) in [5.41, 5.74) is 3.15. The van der Waals surface area contributed by atoms with Crippen LogP contribution in [-0.4, -0.2) is 32.2 Å². The molecule has 170 valence electrons. The van der Waals surface area contributed by atoms with E-state index in [4.69, 9.17) is 9.72 Å². The zero-order valence-corrected chi connectivity index (χ0v) is 18.9. The molecule has 2 heterocycles. The van der Waals surface area contributed by atoms with Crippen LogP contribution in [0.2, 0.25) is 0 Å². The van der Waals surface area contributed by atoms with Gasteiger partial charge >= 0.3 is 5.97 Å². The van der Waals surface area contributed by atoms with Crippen molar-refractivity contribution < 1.29 is 14.6 Å². The summed E-state index contributed by atoms with van der Waals surface area (Å²) in [5.74, 6) is 0.371. The second-order valence-corrected chi connectivity index (χ2v) is 8.08. The topological polar surface area (TPSA) is 77.2 Å². The second-order valence-electron chi connectivity index (χ2n) is 8.08. The monoisotopic (exact) mass is 443 g/mol. The Kier molecular flexibility index (Phi) is 7.35. The summed E-state index contributed by atoms with van der Waals surface area (Å²) >= 11 is 0. The van der Waals surface area contributed by atoms with E-state index in [0.717, 1.165) is 35.5 Å². The molecule has 0 radical (unpaired) electrons. The summed E-state index contributed by atoms with van der Waals surface area (Å²) in [6.45, 7) is 2.95. The second kappa shape index (κ2) is 10.8. The number of aromatic carboxylic acids is 1. The first-order valence-corrected chi connectivity index (χ1v) is 11.6. The molecule has 33 heavy (non-hydrogen) atoms. The van der Waals surface area contributed by atoms with E-state index in [2.05, 4.69) is 11.9 Å². The zero-order valence-electron chi connectivity index (χ0n) is 18.9. The first-order valence-electron chi connectivity index (χ1n) is 11.6. The third-order valence-electron chi connectivity index (χ3n) is 5.62. The smallest absolute Gasteiger partial charge is 0.354 e. The number of hydrogen-bond donors (Lipinski definition) is 1. The van der Waals surface area contributed by atoms with Gasteiger partial charge in [0.15, 0.2) is 5.82 Å². The number of nitrogens with zero attached hydrogens (tertiary/aromatic N) is 3. The molecule has 0 saturated heterocycles. The van der Waals surface area contributed by atoms with Crippen LogP contribution in [0.4, 0.5) is 0 Å². The third-order valence-corrected chi connectivity index (χ3v) is 5.62. The van der Waals surface area contributed by atoms with Gasteiger partial charge in [0, 0.05) is 5.69 Å². The molecule has 0 fully saturated rings. The van der Waals surface area contributed by atoms with Crippen molar-refractivity contribution in [2.45, 2.75) is 45.4 Å². The largest absolute Gasteiger partial charge is 0.494 e. The Balaban J connectivity index is 1.56. The Morgan fingerprint density at radius 2 is 1.64 bits per heavy atom. The van der Waals surface area contributed by atoms with Gasteiger partial charge in [-0.3, -0.25) is 4.57 Å². The predicted octanol–water partition coefficient (Wildman–Crippen LogP) is 6.53. The predicted molar refractivity (Wildman–Crippen MR) is 130 cm³/mol. The number of para-hydroxylation sites is 2. The van der Waals surface area contributed by atoms with Crippen molar-refractivity contribution in [1.29, 1.82) is 0 Å². The van der Waals surface area contributed by atoms with Gasteiger partial charge in [0.1, 0.15) is 17.1 Å². The average molecular weight is 444 g/mol. The van der Waals surface area contributed by atoms with Gasteiger partial charge in [-0.15, -0.1) is 0 Å². The quantitative estimate of drug-likeness (QED) is 0.267. The molecule has 2 aromatic heterocycles. The number of fused-ring (bicyclic) bond motifs is 1. The van der Waals surface area contributed by atoms with Gasteiger partial charge in [-0.2, -0.15) is 0 Å². The van der Waals surface area contributed by atoms with Gasteiger partial charge in [0.05, 0.1) is 17.6 Å². The van der Waals surface area contributed by atoms with E-state index < -0.39 is 5.97 Å². The summed E-state index contributed by atoms with van der Waals surface area (Å²) < 4.78 is 7.93. The van der Waals surface area contributed by atoms with Crippen molar-refractivity contribution >= 4 is 17.0 Å². The maximum absolute atomic E-state index is 11.4. The lowest BCUT2D eigenvalue weighted by Crippen LogP contribution is -2.04. The van der Waals surface area contributed by atoms with E-state index in [9.17, 15) is 9.90 Å². The Labute approximate surface area is 193 Å². The minimum absolute atomic E-state index is 0.00968. The fraction of sp³-hybridized carbons (Fsp3) is 0.296. The molecule has 0 spiro atoms. The van der Waals surface area contributed by atoms with Crippen LogP contribution < -0.4 is 4.74 Å². The van der Waals surface area contributed by atoms with E-state index in [1.807, 2.05) is 53.1 Å². The molecule has 6 nitrogen and oxygen atoms in total. The Bertz CT molecular complexity index is 1220. The molecule has 6 heteroatoms. The summed E-state index contributed by atoms with van der Waals surface area (Å²) in [4.78, 5) is 20.5. The van der Waals surface area contributed by atoms with Crippen molar-refractivity contribution in [2.24, 2.45) is 0 Å². The molecule has 0 atom stereocenters. The highest BCUT2D eigenvalue weighted by Gasteiger charge is 2.16. The van der Waals surface area contributed by atoms with Crippen LogP contribution in [-0.2, 0) is 0 Å². The summed E-state index contributed by atoms with van der Waals surface area (Å²) in [7, 11) is 0. The van der Waals surface area contributed by atoms with Crippen molar-refractivity contribution in [3.63, 3.8) is 0 Å². The van der Waals surface area contributed by atoms with Crippen LogP contribution in [0.25, 0.3) is 28.2 Å². The molecule has 0 saturated carbocycles. The number of carboxylic acids is 1. The third kappa shape index (κ3) is 5.40. The number of unbranched alkanes of at least 4 members (excludes halogenated alkanes) is 5. The van der Waals surface area contributed by atoms with Crippen molar-refractivity contribution in [3.05, 3.63) is 72.4 Å². The Morgan fingerprint density at radius 3 is 2.42 bits per heavy atom. The van der Waals surface area contributed by atoms with E-state index in [0.29, 0.717) is 11.5 Å². The fourth-order valence-electron chi connectivity index (χ4n) is 3.90. The van der Waals surface area contributed by atoms with E-state index in [1.165, 1.54) is 38.2 Å². The zero-order chi connectivity index (χ0) is 23.0. The number of aromatic nitrogens is 3. The van der Waals surface area contributed by atoms with Crippen LogP contribution >= 0.6 is 0 Å². The number of hydrogen-bond acceptors (Lipinski definition) is 4. The van der Waals surface area contributed by atoms with Gasteiger partial charge in [-0.1, -0.05) is 57.2 Å². The highest BCUT2D eigenvalue weighted by molar-refractivity contribution is 5.87. The lowest BCUT2D eigenvalue weighted by atomic mass is 10.1. The molecule has 0 bridgehead atoms. The number of carbonyl (C=O) groups is 1. The molecule has 1 N–H and O–H groups in total. The van der Waals surface area contributed by atoms with E-state index >= 15 is 0 Å². The Morgan fingerprint density at radius 1 is 0.879 bits per heavy atom. The highest BCUT2D eigenvalue weighted by atomic mass is 16.5. The first kappa shape index (κ1) is 22.5. The molecule has 4 rings (SSSR count). The standard InChI is InChI=1S/C27H29N3O3/c1-2-3-4-5-6-9-19-33-21-17-15-20(16-18-21)30-25-14-8-7-11-22(25)29-26(30)23-12-10-13-24(28-23)27(31)32/h7-8,10-18H,2-6,9,19H2,1H3,(H,31,32). The molecule has 0 unspecified atom stereocenters. The van der Waals surface area contributed by atoms with Gasteiger partial charge in [0.25, 0.3) is 0 Å². The fourth-order valence-corrected chi connectivity index (χ4v) is 3.90. The number of benzene rings is 2. The molecule has 4 aromatic rings. The minimum atomic E-state index is -1.06. The van der Waals surface area contributed by atoms with Crippen LogP contribution in [0.3, 0.4) is 0 Å². The van der Waals surface area contributed by atoms with Crippen LogP contribution in [0.1, 0.15) is 55.9 Å². The lowest BCUT2D eigenvalue weighted by Gasteiger charge is -2.11. The van der Waals surface area contributed by atoms with Crippen LogP contribution in [0, 0.1) is 0 Å². The summed E-state index contributed by atoms with van der Waals surface area (Å²) in [6.07, 6.45) is 7.40. The molecular weight excluding hydrogens is 414 g/mol. The van der Waals surface area contributed by atoms with Crippen molar-refractivity contribution in [3.8, 4) is 23.0 Å². The number of ether oxygens (including phenoxy) is 1. The molecule has 0 aliphatic carbocycles. The van der Waals surface area contributed by atoms with Crippen molar-refractivity contribution in [1.82, 2.24) is 14.5 Å². The highest BCUT2D eigenvalue weighted by Crippen LogP contribution is 2.28. The molecular formula is C27H29N3O3. The summed E-state index contributed by atoms with van der Waals surface area (Å²) in [5, 5.41) is 9.35. The molecule has 2 aromatic carbocycles. The number of carboxylic acid groups (broad SMARTS) is 1. The average Bonchev–Trinajstić information content (AvgIpc) is 3.24. The minimum Gasteiger partial charge on any atom is -0.494 e. The first-order chi connectivity index (χ1) is 16.2. The molecule has 0 amide bonds. The number of imidazole rings is 1. The summed E-state index contributed by atoms with van der Waals surface area (Å²) in [6, 6.07) is 20.7.